The molecule has 2 N–H and O–H groups in total. The van der Waals surface area contributed by atoms with Gasteiger partial charge in [-0.1, -0.05) is 6.92 Å². The summed E-state index contributed by atoms with van der Waals surface area (Å²) >= 11 is 0. The van der Waals surface area contributed by atoms with Crippen LogP contribution in [-0.2, 0) is 4.74 Å². The van der Waals surface area contributed by atoms with Gasteiger partial charge in [0.15, 0.2) is 0 Å². The highest BCUT2D eigenvalue weighted by Crippen LogP contribution is 2.38. The van der Waals surface area contributed by atoms with Crippen LogP contribution in [0.3, 0.4) is 0 Å². The molecule has 21 heavy (non-hydrogen) atoms. The van der Waals surface area contributed by atoms with E-state index in [1.165, 1.54) is 0 Å². The lowest BCUT2D eigenvalue weighted by atomic mass is 9.78. The fourth-order valence-electron chi connectivity index (χ4n) is 3.45. The molecule has 1 aliphatic heterocycles. The first-order valence-electron chi connectivity index (χ1n) is 8.17. The molecule has 1 heterocycles. The van der Waals surface area contributed by atoms with Crippen LogP contribution >= 0.6 is 0 Å². The zero-order valence-corrected chi connectivity index (χ0v) is 14.9. The summed E-state index contributed by atoms with van der Waals surface area (Å²) in [5, 5.41) is 20.4. The van der Waals surface area contributed by atoms with Crippen molar-refractivity contribution in [1.82, 2.24) is 4.90 Å². The van der Waals surface area contributed by atoms with Gasteiger partial charge in [0, 0.05) is 17.6 Å². The molecule has 1 atom stereocenters. The number of nitrogens with zero attached hydrogens (tertiary/aromatic N) is 1. The van der Waals surface area contributed by atoms with Crippen LogP contribution in [0.2, 0.25) is 0 Å². The van der Waals surface area contributed by atoms with Gasteiger partial charge >= 0.3 is 0 Å². The standard InChI is InChI=1S/C17H35NO3/c1-8-17(6,7)21-12-14(20)11-18-15(2,3)9-13(19)10-16(18,4)5/h13-14,19-20H,8-12H2,1-7H3. The second-order valence-corrected chi connectivity index (χ2v) is 8.38. The molecule has 0 aromatic heterocycles. The fourth-order valence-corrected chi connectivity index (χ4v) is 3.45. The van der Waals surface area contributed by atoms with E-state index in [1.807, 2.05) is 13.8 Å². The van der Waals surface area contributed by atoms with Gasteiger partial charge in [-0.15, -0.1) is 0 Å². The van der Waals surface area contributed by atoms with Gasteiger partial charge in [-0.25, -0.2) is 0 Å². The van der Waals surface area contributed by atoms with Crippen molar-refractivity contribution in [1.29, 1.82) is 0 Å². The molecule has 0 radical (unpaired) electrons. The molecule has 1 unspecified atom stereocenters. The quantitative estimate of drug-likeness (QED) is 0.792. The molecule has 0 aromatic carbocycles. The van der Waals surface area contributed by atoms with Crippen molar-refractivity contribution in [3.63, 3.8) is 0 Å². The summed E-state index contributed by atoms with van der Waals surface area (Å²) < 4.78 is 5.81. The van der Waals surface area contributed by atoms with Crippen LogP contribution in [0.25, 0.3) is 0 Å². The SMILES string of the molecule is CCC(C)(C)OCC(O)CN1C(C)(C)CC(O)CC1(C)C. The molecular formula is C17H35NO3. The van der Waals surface area contributed by atoms with E-state index in [4.69, 9.17) is 4.74 Å². The third-order valence-electron chi connectivity index (χ3n) is 4.84. The largest absolute Gasteiger partial charge is 0.393 e. The number of β-amino-alcohol motifs (C(OH)–C–C–N with tert-alkyl or cyclic N) is 1. The second kappa shape index (κ2) is 6.53. The van der Waals surface area contributed by atoms with Gasteiger partial charge in [0.25, 0.3) is 0 Å². The smallest absolute Gasteiger partial charge is 0.0900 e. The number of aliphatic hydroxyl groups is 2. The van der Waals surface area contributed by atoms with Crippen molar-refractivity contribution in [2.45, 2.75) is 96.6 Å². The molecule has 0 bridgehead atoms. The summed E-state index contributed by atoms with van der Waals surface area (Å²) in [6.07, 6.45) is 1.63. The van der Waals surface area contributed by atoms with Gasteiger partial charge in [-0.2, -0.15) is 0 Å². The van der Waals surface area contributed by atoms with E-state index >= 15 is 0 Å². The van der Waals surface area contributed by atoms with Crippen LogP contribution in [-0.4, -0.2) is 57.2 Å². The highest BCUT2D eigenvalue weighted by Gasteiger charge is 2.45. The molecule has 1 rings (SSSR count). The topological polar surface area (TPSA) is 52.9 Å². The Morgan fingerprint density at radius 2 is 1.67 bits per heavy atom. The summed E-state index contributed by atoms with van der Waals surface area (Å²) in [4.78, 5) is 2.32. The Labute approximate surface area is 130 Å². The first kappa shape index (κ1) is 18.9. The first-order valence-corrected chi connectivity index (χ1v) is 8.17. The van der Waals surface area contributed by atoms with Gasteiger partial charge < -0.3 is 14.9 Å². The third kappa shape index (κ3) is 5.20. The summed E-state index contributed by atoms with van der Waals surface area (Å²) in [5.74, 6) is 0. The van der Waals surface area contributed by atoms with E-state index < -0.39 is 6.10 Å². The van der Waals surface area contributed by atoms with Gasteiger partial charge in [0.1, 0.15) is 0 Å². The molecule has 126 valence electrons. The molecular weight excluding hydrogens is 266 g/mol. The van der Waals surface area contributed by atoms with Gasteiger partial charge in [-0.05, 0) is 60.8 Å². The Kier molecular flexibility index (Phi) is 5.87. The van der Waals surface area contributed by atoms with Gasteiger partial charge in [-0.3, -0.25) is 4.90 Å². The molecule has 1 fully saturated rings. The Morgan fingerprint density at radius 1 is 1.19 bits per heavy atom. The van der Waals surface area contributed by atoms with E-state index in [0.717, 1.165) is 19.3 Å². The number of hydrogen-bond donors (Lipinski definition) is 2. The van der Waals surface area contributed by atoms with Crippen molar-refractivity contribution in [3.8, 4) is 0 Å². The maximum Gasteiger partial charge on any atom is 0.0900 e. The predicted octanol–water partition coefficient (Wildman–Crippen LogP) is 2.57. The van der Waals surface area contributed by atoms with E-state index in [1.54, 1.807) is 0 Å². The lowest BCUT2D eigenvalue weighted by molar-refractivity contribution is -0.117. The number of piperidine rings is 1. The Bertz CT molecular complexity index is 321. The van der Waals surface area contributed by atoms with Crippen LogP contribution < -0.4 is 0 Å². The molecule has 4 nitrogen and oxygen atoms in total. The van der Waals surface area contributed by atoms with E-state index in [0.29, 0.717) is 13.2 Å². The predicted molar refractivity (Wildman–Crippen MR) is 86.4 cm³/mol. The summed E-state index contributed by atoms with van der Waals surface area (Å²) in [6.45, 7) is 15.7. The molecule has 4 heteroatoms. The van der Waals surface area contributed by atoms with Gasteiger partial charge in [0.05, 0.1) is 24.4 Å². The summed E-state index contributed by atoms with van der Waals surface area (Å²) in [7, 11) is 0. The minimum Gasteiger partial charge on any atom is -0.393 e. The Balaban J connectivity index is 2.66. The zero-order valence-electron chi connectivity index (χ0n) is 14.9. The number of rotatable bonds is 6. The summed E-state index contributed by atoms with van der Waals surface area (Å²) in [6, 6.07) is 0. The molecule has 0 spiro atoms. The minimum absolute atomic E-state index is 0.123. The van der Waals surface area contributed by atoms with Crippen LogP contribution in [0.1, 0.15) is 67.7 Å². The van der Waals surface area contributed by atoms with E-state index in [2.05, 4.69) is 39.5 Å². The van der Waals surface area contributed by atoms with Crippen LogP contribution in [0.4, 0.5) is 0 Å². The molecule has 0 aromatic rings. The number of aliphatic hydroxyl groups excluding tert-OH is 2. The third-order valence-corrected chi connectivity index (χ3v) is 4.84. The molecule has 0 saturated carbocycles. The Hall–Kier alpha value is -0.160. The molecule has 0 aliphatic carbocycles. The fraction of sp³-hybridized carbons (Fsp3) is 1.00. The van der Waals surface area contributed by atoms with Crippen molar-refractivity contribution in [2.24, 2.45) is 0 Å². The van der Waals surface area contributed by atoms with Crippen molar-refractivity contribution in [3.05, 3.63) is 0 Å². The highest BCUT2D eigenvalue weighted by atomic mass is 16.5. The van der Waals surface area contributed by atoms with Crippen LogP contribution in [0.5, 0.6) is 0 Å². The minimum atomic E-state index is -0.510. The maximum atomic E-state index is 10.4. The monoisotopic (exact) mass is 301 g/mol. The molecule has 0 amide bonds. The highest BCUT2D eigenvalue weighted by molar-refractivity contribution is 5.00. The lowest BCUT2D eigenvalue weighted by Gasteiger charge is -2.55. The second-order valence-electron chi connectivity index (χ2n) is 8.38. The average molecular weight is 301 g/mol. The zero-order chi connectivity index (χ0) is 16.5. The first-order chi connectivity index (χ1) is 9.39. The number of ether oxygens (including phenoxy) is 1. The van der Waals surface area contributed by atoms with E-state index in [9.17, 15) is 10.2 Å². The van der Waals surface area contributed by atoms with Gasteiger partial charge in [0.2, 0.25) is 0 Å². The molecule has 1 aliphatic rings. The summed E-state index contributed by atoms with van der Waals surface area (Å²) in [5.41, 5.74) is -0.436. The maximum absolute atomic E-state index is 10.4. The number of likely N-dealkylation sites (tertiary alicyclic amines) is 1. The normalized spacial score (nSPS) is 25.0. The van der Waals surface area contributed by atoms with Crippen molar-refractivity contribution in [2.75, 3.05) is 13.2 Å². The van der Waals surface area contributed by atoms with Crippen LogP contribution in [0.15, 0.2) is 0 Å². The molecule has 1 saturated heterocycles. The van der Waals surface area contributed by atoms with E-state index in [-0.39, 0.29) is 22.8 Å². The average Bonchev–Trinajstić information content (AvgIpc) is 2.30. The van der Waals surface area contributed by atoms with Crippen molar-refractivity contribution >= 4 is 0 Å². The number of hydrogen-bond acceptors (Lipinski definition) is 4. The van der Waals surface area contributed by atoms with Crippen molar-refractivity contribution < 1.29 is 14.9 Å². The Morgan fingerprint density at radius 3 is 2.10 bits per heavy atom. The lowest BCUT2D eigenvalue weighted by Crippen LogP contribution is -2.63. The van der Waals surface area contributed by atoms with Crippen LogP contribution in [0, 0.1) is 0 Å².